The van der Waals surface area contributed by atoms with Crippen LogP contribution in [0.5, 0.6) is 0 Å². The number of aromatic nitrogens is 3. The molecule has 0 unspecified atom stereocenters. The standard InChI is InChI=1S/C23H21N5OS2/c1-15(29)28(18-7-3-2-4-8-18)23-25-17(14-31-23)13-30-22-26-20-10-6-5-9-19(20)21(27-22)24-16-11-12-16/h2-10,14,16H,11-13H2,1H3,(H,24,26,27). The van der Waals surface area contributed by atoms with E-state index in [-0.39, 0.29) is 5.91 Å². The molecule has 156 valence electrons. The largest absolute Gasteiger partial charge is 0.367 e. The molecule has 8 heteroatoms. The number of anilines is 3. The van der Waals surface area contributed by atoms with Crippen LogP contribution in [0.2, 0.25) is 0 Å². The Balaban J connectivity index is 1.35. The Bertz CT molecular complexity index is 1220. The van der Waals surface area contributed by atoms with Crippen molar-refractivity contribution in [2.45, 2.75) is 36.7 Å². The summed E-state index contributed by atoms with van der Waals surface area (Å²) in [7, 11) is 0. The molecule has 2 heterocycles. The van der Waals surface area contributed by atoms with E-state index in [1.807, 2.05) is 53.9 Å². The average Bonchev–Trinajstić information content (AvgIpc) is 3.48. The number of nitrogens with one attached hydrogen (secondary N) is 1. The number of hydrogen-bond donors (Lipinski definition) is 1. The van der Waals surface area contributed by atoms with Gasteiger partial charge in [0.15, 0.2) is 10.3 Å². The van der Waals surface area contributed by atoms with E-state index in [0.717, 1.165) is 33.3 Å². The fourth-order valence-corrected chi connectivity index (χ4v) is 4.99. The minimum absolute atomic E-state index is 0.0617. The average molecular weight is 448 g/mol. The number of nitrogens with zero attached hydrogens (tertiary/aromatic N) is 4. The van der Waals surface area contributed by atoms with Crippen molar-refractivity contribution in [2.24, 2.45) is 0 Å². The molecule has 1 amide bonds. The van der Waals surface area contributed by atoms with Crippen LogP contribution in [0.4, 0.5) is 16.6 Å². The lowest BCUT2D eigenvalue weighted by Crippen LogP contribution is -2.22. The van der Waals surface area contributed by atoms with Gasteiger partial charge in [-0.1, -0.05) is 42.1 Å². The Kier molecular flexibility index (Phi) is 5.57. The van der Waals surface area contributed by atoms with Crippen LogP contribution in [0.25, 0.3) is 10.9 Å². The number of thiazole rings is 1. The quantitative estimate of drug-likeness (QED) is 0.292. The summed E-state index contributed by atoms with van der Waals surface area (Å²) < 4.78 is 0. The highest BCUT2D eigenvalue weighted by molar-refractivity contribution is 7.98. The molecule has 0 aliphatic heterocycles. The number of benzene rings is 2. The van der Waals surface area contributed by atoms with E-state index < -0.39 is 0 Å². The molecule has 6 nitrogen and oxygen atoms in total. The molecule has 0 radical (unpaired) electrons. The number of hydrogen-bond acceptors (Lipinski definition) is 7. The molecule has 0 spiro atoms. The van der Waals surface area contributed by atoms with Crippen LogP contribution < -0.4 is 10.2 Å². The number of rotatable bonds is 7. The smallest absolute Gasteiger partial charge is 0.230 e. The maximum absolute atomic E-state index is 12.2. The molecule has 5 rings (SSSR count). The van der Waals surface area contributed by atoms with Gasteiger partial charge < -0.3 is 5.32 Å². The Morgan fingerprint density at radius 2 is 1.87 bits per heavy atom. The molecule has 2 aromatic carbocycles. The van der Waals surface area contributed by atoms with Crippen molar-refractivity contribution in [1.82, 2.24) is 15.0 Å². The van der Waals surface area contributed by atoms with Crippen molar-refractivity contribution in [3.63, 3.8) is 0 Å². The lowest BCUT2D eigenvalue weighted by Gasteiger charge is -2.17. The van der Waals surface area contributed by atoms with Gasteiger partial charge in [-0.3, -0.25) is 9.69 Å². The van der Waals surface area contributed by atoms with Gasteiger partial charge in [0.1, 0.15) is 5.82 Å². The molecule has 1 aliphatic carbocycles. The third-order valence-corrected chi connectivity index (χ3v) is 6.67. The van der Waals surface area contributed by atoms with E-state index >= 15 is 0 Å². The highest BCUT2D eigenvalue weighted by Crippen LogP contribution is 2.33. The fourth-order valence-electron chi connectivity index (χ4n) is 3.26. The van der Waals surface area contributed by atoms with Crippen molar-refractivity contribution in [3.05, 3.63) is 65.7 Å². The highest BCUT2D eigenvalue weighted by atomic mass is 32.2. The van der Waals surface area contributed by atoms with Crippen molar-refractivity contribution in [1.29, 1.82) is 0 Å². The minimum atomic E-state index is -0.0617. The van der Waals surface area contributed by atoms with Crippen LogP contribution in [0.15, 0.2) is 65.1 Å². The first-order chi connectivity index (χ1) is 15.2. The van der Waals surface area contributed by atoms with E-state index in [1.54, 1.807) is 23.6 Å². The van der Waals surface area contributed by atoms with E-state index in [1.165, 1.54) is 24.2 Å². The van der Waals surface area contributed by atoms with Crippen LogP contribution in [-0.2, 0) is 10.5 Å². The highest BCUT2D eigenvalue weighted by Gasteiger charge is 2.23. The summed E-state index contributed by atoms with van der Waals surface area (Å²) in [6.07, 6.45) is 2.38. The Hall–Kier alpha value is -2.97. The minimum Gasteiger partial charge on any atom is -0.367 e. The molecule has 0 saturated heterocycles. The van der Waals surface area contributed by atoms with Gasteiger partial charge in [-0.05, 0) is 37.1 Å². The summed E-state index contributed by atoms with van der Waals surface area (Å²) >= 11 is 3.02. The van der Waals surface area contributed by atoms with E-state index in [2.05, 4.69) is 11.4 Å². The van der Waals surface area contributed by atoms with Gasteiger partial charge in [0.05, 0.1) is 16.9 Å². The SMILES string of the molecule is CC(=O)N(c1ccccc1)c1nc(CSc2nc(NC3CC3)c3ccccc3n2)cs1. The van der Waals surface area contributed by atoms with Crippen molar-refractivity contribution < 1.29 is 4.79 Å². The van der Waals surface area contributed by atoms with E-state index in [4.69, 9.17) is 15.0 Å². The van der Waals surface area contributed by atoms with Gasteiger partial charge >= 0.3 is 0 Å². The van der Waals surface area contributed by atoms with Crippen LogP contribution in [0.1, 0.15) is 25.5 Å². The third kappa shape index (κ3) is 4.55. The van der Waals surface area contributed by atoms with Crippen LogP contribution >= 0.6 is 23.1 Å². The molecule has 0 bridgehead atoms. The molecular formula is C23H21N5OS2. The number of carbonyl (C=O) groups is 1. The summed E-state index contributed by atoms with van der Waals surface area (Å²) in [5, 5.41) is 7.96. The second-order valence-corrected chi connectivity index (χ2v) is 9.17. The molecular weight excluding hydrogens is 426 g/mol. The molecule has 4 aromatic rings. The number of carbonyl (C=O) groups excluding carboxylic acids is 1. The van der Waals surface area contributed by atoms with Gasteiger partial charge in [-0.15, -0.1) is 11.3 Å². The molecule has 1 saturated carbocycles. The van der Waals surface area contributed by atoms with Crippen molar-refractivity contribution >= 4 is 56.5 Å². The Labute approximate surface area is 188 Å². The monoisotopic (exact) mass is 447 g/mol. The third-order valence-electron chi connectivity index (χ3n) is 4.91. The normalized spacial score (nSPS) is 13.3. The zero-order valence-corrected chi connectivity index (χ0v) is 18.6. The first-order valence-electron chi connectivity index (χ1n) is 10.1. The number of para-hydroxylation sites is 2. The van der Waals surface area contributed by atoms with Gasteiger partial charge in [0, 0.05) is 29.5 Å². The molecule has 1 aliphatic rings. The Morgan fingerprint density at radius 1 is 1.10 bits per heavy atom. The predicted molar refractivity (Wildman–Crippen MR) is 127 cm³/mol. The maximum atomic E-state index is 12.2. The maximum Gasteiger partial charge on any atom is 0.230 e. The predicted octanol–water partition coefficient (Wildman–Crippen LogP) is 5.64. The summed E-state index contributed by atoms with van der Waals surface area (Å²) in [5.41, 5.74) is 2.66. The van der Waals surface area contributed by atoms with Gasteiger partial charge in [0.2, 0.25) is 5.91 Å². The molecule has 1 fully saturated rings. The fraction of sp³-hybridized carbons (Fsp3) is 0.217. The molecule has 0 atom stereocenters. The van der Waals surface area contributed by atoms with Gasteiger partial charge in [-0.2, -0.15) is 0 Å². The lowest BCUT2D eigenvalue weighted by atomic mass is 10.2. The number of thioether (sulfide) groups is 1. The summed E-state index contributed by atoms with van der Waals surface area (Å²) in [6, 6.07) is 18.2. The number of amides is 1. The zero-order valence-electron chi connectivity index (χ0n) is 17.0. The summed E-state index contributed by atoms with van der Waals surface area (Å²) in [5.74, 6) is 1.48. The number of fused-ring (bicyclic) bond motifs is 1. The second kappa shape index (κ2) is 8.64. The van der Waals surface area contributed by atoms with Crippen LogP contribution in [0, 0.1) is 0 Å². The van der Waals surface area contributed by atoms with Crippen LogP contribution in [0.3, 0.4) is 0 Å². The first kappa shape index (κ1) is 20.0. The van der Waals surface area contributed by atoms with Crippen molar-refractivity contribution in [2.75, 3.05) is 10.2 Å². The molecule has 1 N–H and O–H groups in total. The van der Waals surface area contributed by atoms with Gasteiger partial charge in [-0.25, -0.2) is 15.0 Å². The van der Waals surface area contributed by atoms with Crippen LogP contribution in [-0.4, -0.2) is 26.9 Å². The summed E-state index contributed by atoms with van der Waals surface area (Å²) in [4.78, 5) is 28.1. The van der Waals surface area contributed by atoms with E-state index in [9.17, 15) is 4.79 Å². The first-order valence-corrected chi connectivity index (χ1v) is 12.0. The Morgan fingerprint density at radius 3 is 2.65 bits per heavy atom. The zero-order chi connectivity index (χ0) is 21.2. The lowest BCUT2D eigenvalue weighted by molar-refractivity contribution is -0.115. The molecule has 31 heavy (non-hydrogen) atoms. The van der Waals surface area contributed by atoms with Crippen molar-refractivity contribution in [3.8, 4) is 0 Å². The van der Waals surface area contributed by atoms with E-state index in [0.29, 0.717) is 16.9 Å². The van der Waals surface area contributed by atoms with Gasteiger partial charge in [0.25, 0.3) is 0 Å². The topological polar surface area (TPSA) is 71.0 Å². The summed E-state index contributed by atoms with van der Waals surface area (Å²) in [6.45, 7) is 1.56. The molecule has 2 aromatic heterocycles. The second-order valence-electron chi connectivity index (χ2n) is 7.39.